The van der Waals surface area contributed by atoms with Crippen molar-refractivity contribution in [1.82, 2.24) is 25.4 Å². The molecular formula is C14H19N5O3S. The summed E-state index contributed by atoms with van der Waals surface area (Å²) in [6.07, 6.45) is 1.56. The molecule has 0 aliphatic heterocycles. The zero-order valence-electron chi connectivity index (χ0n) is 13.4. The van der Waals surface area contributed by atoms with E-state index in [1.807, 2.05) is 13.8 Å². The minimum atomic E-state index is -0.508. The molecule has 8 nitrogen and oxygen atoms in total. The van der Waals surface area contributed by atoms with Gasteiger partial charge in [0, 0.05) is 13.1 Å². The Balaban J connectivity index is 1.99. The Labute approximate surface area is 138 Å². The molecule has 2 aromatic rings. The molecule has 3 amide bonds. The SMILES string of the molecule is CC(C)NC(=O)NC(=O)[C@@H](C)Sc1nnc(-c2ccco2)n1C. The van der Waals surface area contributed by atoms with E-state index in [-0.39, 0.29) is 6.04 Å². The van der Waals surface area contributed by atoms with Gasteiger partial charge in [0.05, 0.1) is 11.5 Å². The highest BCUT2D eigenvalue weighted by atomic mass is 32.2. The largest absolute Gasteiger partial charge is 0.461 e. The lowest BCUT2D eigenvalue weighted by molar-refractivity contribution is -0.119. The summed E-state index contributed by atoms with van der Waals surface area (Å²) in [5, 5.41) is 13.1. The first kappa shape index (κ1) is 17.1. The van der Waals surface area contributed by atoms with Crippen LogP contribution in [0.25, 0.3) is 11.6 Å². The van der Waals surface area contributed by atoms with Crippen LogP contribution in [0.15, 0.2) is 28.0 Å². The van der Waals surface area contributed by atoms with Gasteiger partial charge < -0.3 is 14.3 Å². The Bertz CT molecular complexity index is 681. The van der Waals surface area contributed by atoms with Crippen molar-refractivity contribution in [1.29, 1.82) is 0 Å². The molecule has 0 aromatic carbocycles. The second-order valence-electron chi connectivity index (χ2n) is 5.22. The summed E-state index contributed by atoms with van der Waals surface area (Å²) < 4.78 is 7.03. The number of carbonyl (C=O) groups excluding carboxylic acids is 2. The topological polar surface area (TPSA) is 102 Å². The van der Waals surface area contributed by atoms with E-state index in [2.05, 4.69) is 20.8 Å². The Morgan fingerprint density at radius 3 is 2.65 bits per heavy atom. The average Bonchev–Trinajstić information content (AvgIpc) is 3.08. The molecule has 0 bridgehead atoms. The third kappa shape index (κ3) is 4.35. The molecule has 23 heavy (non-hydrogen) atoms. The quantitative estimate of drug-likeness (QED) is 0.807. The van der Waals surface area contributed by atoms with Crippen molar-refractivity contribution in [3.63, 3.8) is 0 Å². The van der Waals surface area contributed by atoms with E-state index in [1.165, 1.54) is 11.8 Å². The fourth-order valence-electron chi connectivity index (χ4n) is 1.76. The van der Waals surface area contributed by atoms with Crippen LogP contribution in [0.4, 0.5) is 4.79 Å². The Morgan fingerprint density at radius 1 is 1.30 bits per heavy atom. The normalized spacial score (nSPS) is 12.2. The maximum Gasteiger partial charge on any atom is 0.321 e. The smallest absolute Gasteiger partial charge is 0.321 e. The molecular weight excluding hydrogens is 318 g/mol. The lowest BCUT2D eigenvalue weighted by Crippen LogP contribution is -2.45. The Kier molecular flexibility index (Phi) is 5.43. The molecule has 0 spiro atoms. The maximum atomic E-state index is 12.0. The molecule has 2 N–H and O–H groups in total. The van der Waals surface area contributed by atoms with Gasteiger partial charge >= 0.3 is 6.03 Å². The van der Waals surface area contributed by atoms with Crippen molar-refractivity contribution >= 4 is 23.7 Å². The van der Waals surface area contributed by atoms with Crippen molar-refractivity contribution in [3.8, 4) is 11.6 Å². The molecule has 0 saturated heterocycles. The second kappa shape index (κ2) is 7.32. The molecule has 124 valence electrons. The highest BCUT2D eigenvalue weighted by Gasteiger charge is 2.21. The van der Waals surface area contributed by atoms with Crippen molar-refractivity contribution in [2.24, 2.45) is 7.05 Å². The molecule has 0 saturated carbocycles. The number of thioether (sulfide) groups is 1. The summed E-state index contributed by atoms with van der Waals surface area (Å²) in [4.78, 5) is 23.6. The van der Waals surface area contributed by atoms with Gasteiger partial charge in [0.1, 0.15) is 0 Å². The number of hydrogen-bond donors (Lipinski definition) is 2. The first-order valence-electron chi connectivity index (χ1n) is 7.09. The van der Waals surface area contributed by atoms with Crippen molar-refractivity contribution in [2.45, 2.75) is 37.2 Å². The maximum absolute atomic E-state index is 12.0. The molecule has 2 heterocycles. The van der Waals surface area contributed by atoms with Crippen LogP contribution in [0.5, 0.6) is 0 Å². The zero-order chi connectivity index (χ0) is 17.0. The van der Waals surface area contributed by atoms with Crippen LogP contribution in [0, 0.1) is 0 Å². The van der Waals surface area contributed by atoms with E-state index >= 15 is 0 Å². The molecule has 1 atom stereocenters. The molecule has 0 fully saturated rings. The van der Waals surface area contributed by atoms with Crippen LogP contribution in [0.3, 0.4) is 0 Å². The highest BCUT2D eigenvalue weighted by molar-refractivity contribution is 8.00. The molecule has 0 aliphatic rings. The number of amides is 3. The fraction of sp³-hybridized carbons (Fsp3) is 0.429. The number of carbonyl (C=O) groups is 2. The number of nitrogens with zero attached hydrogens (tertiary/aromatic N) is 3. The van der Waals surface area contributed by atoms with Gasteiger partial charge in [-0.05, 0) is 32.9 Å². The first-order chi connectivity index (χ1) is 10.9. The van der Waals surface area contributed by atoms with Crippen LogP contribution < -0.4 is 10.6 Å². The minimum absolute atomic E-state index is 0.0413. The van der Waals surface area contributed by atoms with Crippen LogP contribution in [0.2, 0.25) is 0 Å². The third-order valence-electron chi connectivity index (χ3n) is 2.88. The van der Waals surface area contributed by atoms with E-state index in [9.17, 15) is 9.59 Å². The fourth-order valence-corrected chi connectivity index (χ4v) is 2.58. The van der Waals surface area contributed by atoms with Crippen LogP contribution >= 0.6 is 11.8 Å². The predicted octanol–water partition coefficient (Wildman–Crippen LogP) is 1.79. The van der Waals surface area contributed by atoms with Gasteiger partial charge in [-0.25, -0.2) is 4.79 Å². The van der Waals surface area contributed by atoms with Gasteiger partial charge in [0.15, 0.2) is 16.7 Å². The summed E-state index contributed by atoms with van der Waals surface area (Å²) in [5.41, 5.74) is 0. The van der Waals surface area contributed by atoms with E-state index in [1.54, 1.807) is 36.9 Å². The van der Waals surface area contributed by atoms with E-state index in [0.29, 0.717) is 16.7 Å². The summed E-state index contributed by atoms with van der Waals surface area (Å²) in [6, 6.07) is 3.00. The van der Waals surface area contributed by atoms with E-state index < -0.39 is 17.2 Å². The van der Waals surface area contributed by atoms with Gasteiger partial charge in [0.25, 0.3) is 0 Å². The summed E-state index contributed by atoms with van der Waals surface area (Å²) in [6.45, 7) is 5.33. The van der Waals surface area contributed by atoms with Crippen LogP contribution in [-0.4, -0.2) is 38.0 Å². The zero-order valence-corrected chi connectivity index (χ0v) is 14.2. The third-order valence-corrected chi connectivity index (χ3v) is 4.02. The summed E-state index contributed by atoms with van der Waals surface area (Å²) >= 11 is 1.21. The predicted molar refractivity (Wildman–Crippen MR) is 85.8 cm³/mol. The minimum Gasteiger partial charge on any atom is -0.461 e. The average molecular weight is 337 g/mol. The van der Waals surface area contributed by atoms with Crippen molar-refractivity contribution in [2.75, 3.05) is 0 Å². The van der Waals surface area contributed by atoms with Gasteiger partial charge in [-0.15, -0.1) is 10.2 Å². The number of imide groups is 1. The molecule has 2 aromatic heterocycles. The van der Waals surface area contributed by atoms with Gasteiger partial charge in [-0.2, -0.15) is 0 Å². The molecule has 0 aliphatic carbocycles. The monoisotopic (exact) mass is 337 g/mol. The second-order valence-corrected chi connectivity index (χ2v) is 6.53. The summed E-state index contributed by atoms with van der Waals surface area (Å²) in [5.74, 6) is 0.777. The standard InChI is InChI=1S/C14H19N5O3S/c1-8(2)15-13(21)16-12(20)9(3)23-14-18-17-11(19(14)4)10-6-5-7-22-10/h5-9H,1-4H3,(H2,15,16,20,21)/t9-/m1/s1. The van der Waals surface area contributed by atoms with E-state index in [4.69, 9.17) is 4.42 Å². The first-order valence-corrected chi connectivity index (χ1v) is 7.97. The molecule has 0 unspecified atom stereocenters. The molecule has 2 rings (SSSR count). The highest BCUT2D eigenvalue weighted by Crippen LogP contribution is 2.25. The molecule has 9 heteroatoms. The number of rotatable bonds is 5. The lowest BCUT2D eigenvalue weighted by Gasteiger charge is -2.12. The van der Waals surface area contributed by atoms with Gasteiger partial charge in [-0.1, -0.05) is 11.8 Å². The van der Waals surface area contributed by atoms with Crippen molar-refractivity contribution < 1.29 is 14.0 Å². The number of furan rings is 1. The van der Waals surface area contributed by atoms with E-state index in [0.717, 1.165) is 0 Å². The van der Waals surface area contributed by atoms with Gasteiger partial charge in [0.2, 0.25) is 5.91 Å². The van der Waals surface area contributed by atoms with Crippen LogP contribution in [0.1, 0.15) is 20.8 Å². The molecule has 0 radical (unpaired) electrons. The number of urea groups is 1. The van der Waals surface area contributed by atoms with Crippen LogP contribution in [-0.2, 0) is 11.8 Å². The Morgan fingerprint density at radius 2 is 2.04 bits per heavy atom. The van der Waals surface area contributed by atoms with Crippen molar-refractivity contribution in [3.05, 3.63) is 18.4 Å². The number of nitrogens with one attached hydrogen (secondary N) is 2. The Hall–Kier alpha value is -2.29. The number of aromatic nitrogens is 3. The van der Waals surface area contributed by atoms with Gasteiger partial charge in [-0.3, -0.25) is 10.1 Å². The lowest BCUT2D eigenvalue weighted by atomic mass is 10.4. The number of hydrogen-bond acceptors (Lipinski definition) is 6. The summed E-state index contributed by atoms with van der Waals surface area (Å²) in [7, 11) is 1.79.